The minimum Gasteiger partial charge on any atom is -0.495 e. The number of hydrogen-bond acceptors (Lipinski definition) is 4. The third kappa shape index (κ3) is 4.63. The van der Waals surface area contributed by atoms with Gasteiger partial charge in [0.15, 0.2) is 0 Å². The Balaban J connectivity index is 1.99. The molecule has 0 aliphatic heterocycles. The molecule has 0 bridgehead atoms. The van der Waals surface area contributed by atoms with Crippen LogP contribution < -0.4 is 15.1 Å². The number of anilines is 2. The third-order valence-electron chi connectivity index (χ3n) is 3.58. The Labute approximate surface area is 142 Å². The van der Waals surface area contributed by atoms with Gasteiger partial charge in [0, 0.05) is 18.8 Å². The summed E-state index contributed by atoms with van der Waals surface area (Å²) >= 11 is 6.08. The van der Waals surface area contributed by atoms with Gasteiger partial charge < -0.3 is 9.64 Å². The van der Waals surface area contributed by atoms with Crippen molar-refractivity contribution in [3.05, 3.63) is 53.1 Å². The van der Waals surface area contributed by atoms with Gasteiger partial charge in [-0.15, -0.1) is 0 Å². The molecule has 0 aliphatic carbocycles. The molecule has 0 aromatic heterocycles. The fourth-order valence-electron chi connectivity index (χ4n) is 2.28. The fraction of sp³-hybridized carbons (Fsp3) is 0.278. The zero-order valence-electron chi connectivity index (χ0n) is 13.7. The molecule has 4 nitrogen and oxygen atoms in total. The van der Waals surface area contributed by atoms with Crippen LogP contribution in [-0.4, -0.2) is 26.4 Å². The molecule has 0 spiro atoms. The summed E-state index contributed by atoms with van der Waals surface area (Å²) in [5.74, 6) is 0.646. The molecule has 23 heavy (non-hydrogen) atoms. The van der Waals surface area contributed by atoms with E-state index < -0.39 is 0 Å². The van der Waals surface area contributed by atoms with Gasteiger partial charge >= 0.3 is 0 Å². The van der Waals surface area contributed by atoms with Crippen LogP contribution in [0.4, 0.5) is 11.4 Å². The van der Waals surface area contributed by atoms with Crippen LogP contribution in [0.5, 0.6) is 5.75 Å². The van der Waals surface area contributed by atoms with Gasteiger partial charge in [-0.05, 0) is 49.7 Å². The molecule has 0 amide bonds. The van der Waals surface area contributed by atoms with Gasteiger partial charge in [0.05, 0.1) is 24.0 Å². The summed E-state index contributed by atoms with van der Waals surface area (Å²) in [4.78, 5) is 2.30. The van der Waals surface area contributed by atoms with Crippen LogP contribution in [-0.2, 0) is 0 Å². The van der Waals surface area contributed by atoms with Gasteiger partial charge in [0.25, 0.3) is 0 Å². The predicted molar refractivity (Wildman–Crippen MR) is 99.2 cm³/mol. The molecule has 0 saturated carbocycles. The maximum atomic E-state index is 6.08. The Morgan fingerprint density at radius 1 is 1.13 bits per heavy atom. The number of hydrogen-bond donors (Lipinski definition) is 1. The lowest BCUT2D eigenvalue weighted by molar-refractivity contribution is 0.415. The molecule has 2 aromatic rings. The Hall–Kier alpha value is -2.20. The van der Waals surface area contributed by atoms with Crippen LogP contribution in [0.15, 0.2) is 47.6 Å². The molecule has 122 valence electrons. The molecule has 2 aromatic carbocycles. The van der Waals surface area contributed by atoms with E-state index in [-0.39, 0.29) is 0 Å². The highest BCUT2D eigenvalue weighted by molar-refractivity contribution is 6.32. The van der Waals surface area contributed by atoms with Crippen LogP contribution in [0.2, 0.25) is 5.02 Å². The summed E-state index contributed by atoms with van der Waals surface area (Å²) in [5.41, 5.74) is 6.04. The van der Waals surface area contributed by atoms with Gasteiger partial charge in [-0.25, -0.2) is 0 Å². The zero-order valence-corrected chi connectivity index (χ0v) is 14.5. The lowest BCUT2D eigenvalue weighted by atomic mass is 10.2. The Morgan fingerprint density at radius 3 is 2.39 bits per heavy atom. The van der Waals surface area contributed by atoms with E-state index in [4.69, 9.17) is 16.3 Å². The van der Waals surface area contributed by atoms with E-state index >= 15 is 0 Å². The first-order valence-corrected chi connectivity index (χ1v) is 8.03. The fourth-order valence-corrected chi connectivity index (χ4v) is 2.53. The van der Waals surface area contributed by atoms with E-state index in [9.17, 15) is 0 Å². The minimum atomic E-state index is 0.552. The van der Waals surface area contributed by atoms with E-state index in [2.05, 4.69) is 53.5 Å². The van der Waals surface area contributed by atoms with Crippen molar-refractivity contribution in [3.63, 3.8) is 0 Å². The van der Waals surface area contributed by atoms with Crippen LogP contribution in [0.1, 0.15) is 19.4 Å². The molecule has 0 aliphatic rings. The maximum absolute atomic E-state index is 6.08. The number of nitrogens with one attached hydrogen (secondary N) is 1. The number of rotatable bonds is 7. The molecule has 0 radical (unpaired) electrons. The van der Waals surface area contributed by atoms with Gasteiger partial charge in [0.2, 0.25) is 0 Å². The molecule has 1 N–H and O–H groups in total. The summed E-state index contributed by atoms with van der Waals surface area (Å²) in [5, 5.41) is 4.79. The number of hydrazone groups is 1. The number of nitrogens with zero attached hydrogens (tertiary/aromatic N) is 2. The topological polar surface area (TPSA) is 36.9 Å². The molecule has 2 rings (SSSR count). The molecule has 0 fully saturated rings. The highest BCUT2D eigenvalue weighted by Crippen LogP contribution is 2.27. The predicted octanol–water partition coefficient (Wildman–Crippen LogP) is 4.64. The van der Waals surface area contributed by atoms with Crippen molar-refractivity contribution in [3.8, 4) is 5.75 Å². The van der Waals surface area contributed by atoms with E-state index in [0.29, 0.717) is 10.8 Å². The van der Waals surface area contributed by atoms with Crippen molar-refractivity contribution in [2.75, 3.05) is 30.5 Å². The van der Waals surface area contributed by atoms with Gasteiger partial charge in [0.1, 0.15) is 5.75 Å². The molecule has 0 unspecified atom stereocenters. The molecule has 0 saturated heterocycles. The van der Waals surface area contributed by atoms with Crippen molar-refractivity contribution in [2.24, 2.45) is 5.10 Å². The quantitative estimate of drug-likeness (QED) is 0.593. The van der Waals surface area contributed by atoms with Crippen molar-refractivity contribution in [1.82, 2.24) is 0 Å². The zero-order chi connectivity index (χ0) is 16.7. The minimum absolute atomic E-state index is 0.552. The Kier molecular flexibility index (Phi) is 6.29. The van der Waals surface area contributed by atoms with Crippen molar-refractivity contribution < 1.29 is 4.74 Å². The number of ether oxygens (including phenoxy) is 1. The van der Waals surface area contributed by atoms with Crippen LogP contribution >= 0.6 is 11.6 Å². The standard InChI is InChI=1S/C18H22ClN3O/c1-4-22(5-2)16-9-6-14(7-10-16)13-20-21-15-8-11-18(23-3)17(19)12-15/h6-13,21H,4-5H2,1-3H3/b20-13+. The summed E-state index contributed by atoms with van der Waals surface area (Å²) in [6.07, 6.45) is 1.78. The summed E-state index contributed by atoms with van der Waals surface area (Å²) < 4.78 is 5.12. The Morgan fingerprint density at radius 2 is 1.83 bits per heavy atom. The number of halogens is 1. The number of methoxy groups -OCH3 is 1. The van der Waals surface area contributed by atoms with E-state index in [1.54, 1.807) is 25.5 Å². The van der Waals surface area contributed by atoms with Gasteiger partial charge in [-0.3, -0.25) is 5.43 Å². The van der Waals surface area contributed by atoms with Crippen LogP contribution in [0.25, 0.3) is 0 Å². The van der Waals surface area contributed by atoms with Crippen LogP contribution in [0.3, 0.4) is 0 Å². The van der Waals surface area contributed by atoms with Crippen molar-refractivity contribution in [2.45, 2.75) is 13.8 Å². The van der Waals surface area contributed by atoms with E-state index in [1.807, 2.05) is 6.07 Å². The van der Waals surface area contributed by atoms with Crippen molar-refractivity contribution in [1.29, 1.82) is 0 Å². The largest absolute Gasteiger partial charge is 0.495 e. The lowest BCUT2D eigenvalue weighted by Crippen LogP contribution is -2.21. The highest BCUT2D eigenvalue weighted by atomic mass is 35.5. The molecular weight excluding hydrogens is 310 g/mol. The second kappa shape index (κ2) is 8.44. The average Bonchev–Trinajstić information content (AvgIpc) is 2.57. The monoisotopic (exact) mass is 331 g/mol. The summed E-state index contributed by atoms with van der Waals surface area (Å²) in [7, 11) is 1.59. The van der Waals surface area contributed by atoms with Crippen molar-refractivity contribution >= 4 is 29.2 Å². The molecule has 0 atom stereocenters. The average molecular weight is 332 g/mol. The third-order valence-corrected chi connectivity index (χ3v) is 3.88. The summed E-state index contributed by atoms with van der Waals surface area (Å²) in [6.45, 7) is 6.32. The molecule has 0 heterocycles. The second-order valence-corrected chi connectivity index (χ2v) is 5.39. The first-order valence-electron chi connectivity index (χ1n) is 7.65. The lowest BCUT2D eigenvalue weighted by Gasteiger charge is -2.20. The van der Waals surface area contributed by atoms with E-state index in [1.165, 1.54) is 5.69 Å². The normalized spacial score (nSPS) is 10.8. The smallest absolute Gasteiger partial charge is 0.137 e. The second-order valence-electron chi connectivity index (χ2n) is 4.98. The Bertz CT molecular complexity index is 652. The number of benzene rings is 2. The molecule has 5 heteroatoms. The molecular formula is C18H22ClN3O. The maximum Gasteiger partial charge on any atom is 0.137 e. The van der Waals surface area contributed by atoms with E-state index in [0.717, 1.165) is 24.3 Å². The first kappa shape index (κ1) is 17.2. The SMILES string of the molecule is CCN(CC)c1ccc(/C=N/Nc2ccc(OC)c(Cl)c2)cc1. The summed E-state index contributed by atoms with van der Waals surface area (Å²) in [6, 6.07) is 13.8. The highest BCUT2D eigenvalue weighted by Gasteiger charge is 2.01. The van der Waals surface area contributed by atoms with Gasteiger partial charge in [-0.1, -0.05) is 23.7 Å². The van der Waals surface area contributed by atoms with Crippen LogP contribution in [0, 0.1) is 0 Å². The first-order chi connectivity index (χ1) is 11.2. The van der Waals surface area contributed by atoms with Gasteiger partial charge in [-0.2, -0.15) is 5.10 Å².